The number of allylic oxidation sites excluding steroid dienone is 30. The average molecular weight is 1100 g/mol. The van der Waals surface area contributed by atoms with Gasteiger partial charge in [0.2, 0.25) is 0 Å². The monoisotopic (exact) mass is 1100 g/mol. The van der Waals surface area contributed by atoms with Crippen LogP contribution >= 0.6 is 0 Å². The molecule has 0 rings (SSSR count). The Labute approximate surface area is 491 Å². The highest BCUT2D eigenvalue weighted by Crippen LogP contribution is 2.13. The molecule has 1 unspecified atom stereocenters. The summed E-state index contributed by atoms with van der Waals surface area (Å²) in [5.41, 5.74) is 0. The summed E-state index contributed by atoms with van der Waals surface area (Å²) in [5, 5.41) is 0. The molecular weight excluding hydrogens is 985 g/mol. The molecule has 0 saturated carbocycles. The number of rotatable bonds is 55. The van der Waals surface area contributed by atoms with Crippen molar-refractivity contribution in [3.8, 4) is 0 Å². The Kier molecular flexibility index (Phi) is 61.5. The zero-order chi connectivity index (χ0) is 57.8. The van der Waals surface area contributed by atoms with Crippen LogP contribution in [-0.4, -0.2) is 37.2 Å². The molecule has 0 aromatic heterocycles. The minimum atomic E-state index is -0.816. The van der Waals surface area contributed by atoms with Gasteiger partial charge in [0.1, 0.15) is 13.2 Å². The summed E-state index contributed by atoms with van der Waals surface area (Å²) in [6.07, 6.45) is 99.1. The zero-order valence-electron chi connectivity index (χ0n) is 51.0. The SMILES string of the molecule is CC/C=C\C/C=C\C/C=C\C/C=C\C/C=C\C/C=C\C/C=C\C/C=C\CCCCC(=O)OCC(COC(=O)CCCCCCCCCC)OC(=O)CCCCCCC/C=C\C/C=C\C/C=C\C/C=C\C/C=C\C/C=C\C/C=C\CC. The van der Waals surface area contributed by atoms with E-state index in [1.165, 1.54) is 32.1 Å². The summed E-state index contributed by atoms with van der Waals surface area (Å²) in [4.78, 5) is 38.1. The van der Waals surface area contributed by atoms with Crippen molar-refractivity contribution in [3.63, 3.8) is 0 Å². The van der Waals surface area contributed by atoms with Crippen LogP contribution in [0.2, 0.25) is 0 Å². The van der Waals surface area contributed by atoms with E-state index in [-0.39, 0.29) is 44.0 Å². The largest absolute Gasteiger partial charge is 0.462 e. The number of hydrogen-bond donors (Lipinski definition) is 0. The van der Waals surface area contributed by atoms with Gasteiger partial charge in [0.05, 0.1) is 0 Å². The fourth-order valence-corrected chi connectivity index (χ4v) is 7.97. The molecule has 0 aromatic rings. The summed E-state index contributed by atoms with van der Waals surface area (Å²) in [6, 6.07) is 0. The minimum absolute atomic E-state index is 0.108. The van der Waals surface area contributed by atoms with Crippen molar-refractivity contribution in [2.45, 2.75) is 252 Å². The Morgan fingerprint density at radius 3 is 0.787 bits per heavy atom. The van der Waals surface area contributed by atoms with E-state index in [1.807, 2.05) is 0 Å². The fourth-order valence-electron chi connectivity index (χ4n) is 7.97. The number of hydrogen-bond acceptors (Lipinski definition) is 6. The molecule has 0 heterocycles. The van der Waals surface area contributed by atoms with Crippen LogP contribution in [0.5, 0.6) is 0 Å². The van der Waals surface area contributed by atoms with Crippen LogP contribution in [0.15, 0.2) is 182 Å². The van der Waals surface area contributed by atoms with Gasteiger partial charge in [-0.05, 0) is 141 Å². The molecule has 1 atom stereocenters. The molecule has 0 saturated heterocycles. The molecule has 0 aliphatic rings. The predicted octanol–water partition coefficient (Wildman–Crippen LogP) is 22.0. The second-order valence-corrected chi connectivity index (χ2v) is 20.2. The third kappa shape index (κ3) is 63.3. The lowest BCUT2D eigenvalue weighted by Crippen LogP contribution is -2.30. The van der Waals surface area contributed by atoms with Crippen LogP contribution in [0.4, 0.5) is 0 Å². The first-order chi connectivity index (χ1) is 39.5. The van der Waals surface area contributed by atoms with Gasteiger partial charge in [-0.25, -0.2) is 0 Å². The molecule has 0 fully saturated rings. The van der Waals surface area contributed by atoms with E-state index in [0.717, 1.165) is 167 Å². The number of unbranched alkanes of at least 4 members (excludes halogenated alkanes) is 14. The smallest absolute Gasteiger partial charge is 0.306 e. The maximum absolute atomic E-state index is 12.9. The first-order valence-electron chi connectivity index (χ1n) is 31.8. The summed E-state index contributed by atoms with van der Waals surface area (Å²) < 4.78 is 16.8. The van der Waals surface area contributed by atoms with Gasteiger partial charge in [-0.15, -0.1) is 0 Å². The van der Waals surface area contributed by atoms with E-state index in [1.54, 1.807) is 0 Å². The molecule has 6 heteroatoms. The fraction of sp³-hybridized carbons (Fsp3) is 0.554. The van der Waals surface area contributed by atoms with Gasteiger partial charge in [-0.3, -0.25) is 14.4 Å². The van der Waals surface area contributed by atoms with Gasteiger partial charge in [0, 0.05) is 19.3 Å². The number of carbonyl (C=O) groups is 3. The Morgan fingerprint density at radius 1 is 0.263 bits per heavy atom. The highest BCUT2D eigenvalue weighted by atomic mass is 16.6. The van der Waals surface area contributed by atoms with E-state index in [4.69, 9.17) is 14.2 Å². The summed E-state index contributed by atoms with van der Waals surface area (Å²) in [7, 11) is 0. The van der Waals surface area contributed by atoms with E-state index in [9.17, 15) is 14.4 Å². The number of esters is 3. The van der Waals surface area contributed by atoms with Gasteiger partial charge in [0.15, 0.2) is 6.10 Å². The third-order valence-corrected chi connectivity index (χ3v) is 12.7. The molecule has 0 aliphatic heterocycles. The predicted molar refractivity (Wildman–Crippen MR) is 348 cm³/mol. The number of carbonyl (C=O) groups excluding carboxylic acids is 3. The van der Waals surface area contributed by atoms with Crippen LogP contribution in [-0.2, 0) is 28.6 Å². The van der Waals surface area contributed by atoms with Crippen molar-refractivity contribution in [1.82, 2.24) is 0 Å². The molecule has 0 radical (unpaired) electrons. The quantitative estimate of drug-likeness (QED) is 0.0261. The summed E-state index contributed by atoms with van der Waals surface area (Å²) in [5.74, 6) is -0.987. The van der Waals surface area contributed by atoms with Crippen LogP contribution in [0.3, 0.4) is 0 Å². The van der Waals surface area contributed by atoms with E-state index in [0.29, 0.717) is 12.8 Å². The molecule has 0 N–H and O–H groups in total. The molecule has 0 aliphatic carbocycles. The highest BCUT2D eigenvalue weighted by molar-refractivity contribution is 5.71. The Balaban J connectivity index is 4.38. The first kappa shape index (κ1) is 74.5. The first-order valence-corrected chi connectivity index (χ1v) is 31.8. The van der Waals surface area contributed by atoms with Gasteiger partial charge >= 0.3 is 17.9 Å². The van der Waals surface area contributed by atoms with Crippen molar-refractivity contribution < 1.29 is 28.6 Å². The van der Waals surface area contributed by atoms with Crippen LogP contribution in [0, 0.1) is 0 Å². The molecule has 80 heavy (non-hydrogen) atoms. The lowest BCUT2D eigenvalue weighted by molar-refractivity contribution is -0.167. The van der Waals surface area contributed by atoms with Crippen molar-refractivity contribution in [2.75, 3.05) is 13.2 Å². The van der Waals surface area contributed by atoms with Crippen LogP contribution in [0.1, 0.15) is 245 Å². The van der Waals surface area contributed by atoms with Crippen molar-refractivity contribution in [3.05, 3.63) is 182 Å². The normalized spacial score (nSPS) is 13.4. The van der Waals surface area contributed by atoms with Gasteiger partial charge in [0.25, 0.3) is 0 Å². The molecular formula is C74H114O6. The highest BCUT2D eigenvalue weighted by Gasteiger charge is 2.19. The molecule has 6 nitrogen and oxygen atoms in total. The maximum Gasteiger partial charge on any atom is 0.306 e. The topological polar surface area (TPSA) is 78.9 Å². The van der Waals surface area contributed by atoms with Crippen LogP contribution < -0.4 is 0 Å². The van der Waals surface area contributed by atoms with Gasteiger partial charge in [-0.2, -0.15) is 0 Å². The van der Waals surface area contributed by atoms with Crippen molar-refractivity contribution in [1.29, 1.82) is 0 Å². The third-order valence-electron chi connectivity index (χ3n) is 12.7. The maximum atomic E-state index is 12.9. The van der Waals surface area contributed by atoms with E-state index >= 15 is 0 Å². The molecule has 0 amide bonds. The summed E-state index contributed by atoms with van der Waals surface area (Å²) in [6.45, 7) is 6.31. The Hall–Kier alpha value is -5.49. The van der Waals surface area contributed by atoms with Crippen LogP contribution in [0.25, 0.3) is 0 Å². The van der Waals surface area contributed by atoms with Gasteiger partial charge < -0.3 is 14.2 Å². The number of ether oxygens (including phenoxy) is 3. The second-order valence-electron chi connectivity index (χ2n) is 20.2. The molecule has 0 spiro atoms. The molecule has 0 bridgehead atoms. The minimum Gasteiger partial charge on any atom is -0.462 e. The summed E-state index contributed by atoms with van der Waals surface area (Å²) >= 11 is 0. The lowest BCUT2D eigenvalue weighted by atomic mass is 10.1. The second kappa shape index (κ2) is 66.0. The van der Waals surface area contributed by atoms with Gasteiger partial charge in [-0.1, -0.05) is 267 Å². The lowest BCUT2D eigenvalue weighted by Gasteiger charge is -2.18. The average Bonchev–Trinajstić information content (AvgIpc) is 3.46. The van der Waals surface area contributed by atoms with E-state index in [2.05, 4.69) is 203 Å². The Bertz CT molecular complexity index is 1890. The van der Waals surface area contributed by atoms with Crippen molar-refractivity contribution >= 4 is 17.9 Å². The zero-order valence-corrected chi connectivity index (χ0v) is 51.0. The molecule has 446 valence electrons. The molecule has 0 aromatic carbocycles. The standard InChI is InChI=1S/C74H114O6/c1-4-7-10-13-16-19-21-23-25-27-29-31-33-35-37-39-41-43-45-47-49-51-53-55-58-61-64-67-73(76)79-70-71(69-78-72(75)66-63-60-57-18-15-12-9-6-3)80-74(77)68-65-62-59-56-54-52-50-48-46-44-42-40-38-36-34-32-30-28-26-24-22-20-17-14-11-8-5-2/h7-8,10-11,16-17,19-20,23-26,29-32,35-38,41-44,47-50,53,55,71H,4-6,9,12-15,18,21-22,27-28,33-34,39-40,45-46,51-52,54,56-70H2,1-3H3/b10-7-,11-8-,19-16-,20-17-,25-23-,26-24-,31-29-,32-30-,37-35-,38-36-,43-41-,44-42-,49-47-,50-48-,55-53-. The van der Waals surface area contributed by atoms with Crippen molar-refractivity contribution in [2.24, 2.45) is 0 Å². The van der Waals surface area contributed by atoms with E-state index < -0.39 is 6.10 Å². The Morgan fingerprint density at radius 2 is 0.487 bits per heavy atom.